The van der Waals surface area contributed by atoms with Crippen molar-refractivity contribution in [3.8, 4) is 11.3 Å². The molecule has 76 valence electrons. The van der Waals surface area contributed by atoms with Gasteiger partial charge in [-0.15, -0.1) is 0 Å². The highest BCUT2D eigenvalue weighted by Gasteiger charge is 2.10. The summed E-state index contributed by atoms with van der Waals surface area (Å²) < 4.78 is 26.6. The van der Waals surface area contributed by atoms with E-state index in [-0.39, 0.29) is 5.56 Å². The second-order valence-corrected chi connectivity index (χ2v) is 3.70. The van der Waals surface area contributed by atoms with Gasteiger partial charge < -0.3 is 0 Å². The quantitative estimate of drug-likeness (QED) is 0.796. The average Bonchev–Trinajstić information content (AvgIpc) is 2.20. The summed E-state index contributed by atoms with van der Waals surface area (Å²) in [4.78, 5) is 7.68. The Hall–Kier alpha value is -1.36. The zero-order valence-corrected chi connectivity index (χ0v) is 9.00. The zero-order valence-electron chi connectivity index (χ0n) is 7.42. The maximum atomic E-state index is 13.4. The summed E-state index contributed by atoms with van der Waals surface area (Å²) >= 11 is 3.20. The van der Waals surface area contributed by atoms with Crippen LogP contribution in [-0.2, 0) is 0 Å². The molecule has 0 aliphatic carbocycles. The molecular formula is C10H5BrF2N2. The maximum Gasteiger partial charge on any atom is 0.135 e. The molecule has 0 saturated heterocycles. The van der Waals surface area contributed by atoms with Gasteiger partial charge in [0.2, 0.25) is 0 Å². The van der Waals surface area contributed by atoms with Crippen LogP contribution in [0.1, 0.15) is 0 Å². The Morgan fingerprint density at radius 3 is 2.67 bits per heavy atom. The number of aromatic nitrogens is 2. The maximum absolute atomic E-state index is 13.4. The number of rotatable bonds is 1. The van der Waals surface area contributed by atoms with Gasteiger partial charge in [0.25, 0.3) is 0 Å². The predicted octanol–water partition coefficient (Wildman–Crippen LogP) is 3.18. The fraction of sp³-hybridized carbons (Fsp3) is 0. The molecule has 0 fully saturated rings. The van der Waals surface area contributed by atoms with Crippen LogP contribution in [-0.4, -0.2) is 9.97 Å². The van der Waals surface area contributed by atoms with Gasteiger partial charge in [-0.05, 0) is 28.1 Å². The Morgan fingerprint density at radius 2 is 2.00 bits per heavy atom. The molecule has 0 amide bonds. The number of hydrogen-bond donors (Lipinski definition) is 0. The molecule has 2 nitrogen and oxygen atoms in total. The molecule has 0 aliphatic heterocycles. The van der Waals surface area contributed by atoms with Crippen molar-refractivity contribution in [2.75, 3.05) is 0 Å². The lowest BCUT2D eigenvalue weighted by molar-refractivity contribution is 0.585. The lowest BCUT2D eigenvalue weighted by atomic mass is 10.1. The van der Waals surface area contributed by atoms with E-state index in [9.17, 15) is 8.78 Å². The first-order valence-corrected chi connectivity index (χ1v) is 4.88. The molecule has 5 heteroatoms. The summed E-state index contributed by atoms with van der Waals surface area (Å²) in [5.41, 5.74) is 0.646. The van der Waals surface area contributed by atoms with Gasteiger partial charge in [0.15, 0.2) is 0 Å². The molecular weight excluding hydrogens is 266 g/mol. The molecule has 0 aliphatic rings. The van der Waals surface area contributed by atoms with Crippen molar-refractivity contribution in [2.24, 2.45) is 0 Å². The Labute approximate surface area is 93.1 Å². The zero-order chi connectivity index (χ0) is 10.8. The van der Waals surface area contributed by atoms with Gasteiger partial charge in [0, 0.05) is 17.8 Å². The summed E-state index contributed by atoms with van der Waals surface area (Å²) in [5.74, 6) is -1.25. The highest BCUT2D eigenvalue weighted by atomic mass is 79.9. The summed E-state index contributed by atoms with van der Waals surface area (Å²) in [6, 6.07) is 3.36. The standard InChI is InChI=1S/C10H5BrF2N2/c11-8-4-14-5-15-10(8)7-2-1-6(12)3-9(7)13/h1-5H. The second kappa shape index (κ2) is 4.02. The third-order valence-electron chi connectivity index (χ3n) is 1.85. The van der Waals surface area contributed by atoms with Gasteiger partial charge in [-0.25, -0.2) is 18.7 Å². The Kier molecular flexibility index (Phi) is 2.73. The molecule has 2 aromatic rings. The molecule has 1 heterocycles. The van der Waals surface area contributed by atoms with E-state index in [0.29, 0.717) is 10.2 Å². The first-order valence-electron chi connectivity index (χ1n) is 4.09. The monoisotopic (exact) mass is 270 g/mol. The van der Waals surface area contributed by atoms with E-state index in [2.05, 4.69) is 25.9 Å². The third kappa shape index (κ3) is 2.02. The number of halogens is 3. The smallest absolute Gasteiger partial charge is 0.135 e. The molecule has 15 heavy (non-hydrogen) atoms. The molecule has 2 rings (SSSR count). The van der Waals surface area contributed by atoms with Crippen LogP contribution in [0, 0.1) is 11.6 Å². The van der Waals surface area contributed by atoms with Crippen molar-refractivity contribution < 1.29 is 8.78 Å². The SMILES string of the molecule is Fc1ccc(-c2ncncc2Br)c(F)c1. The van der Waals surface area contributed by atoms with Crippen LogP contribution in [0.2, 0.25) is 0 Å². The highest BCUT2D eigenvalue weighted by Crippen LogP contribution is 2.27. The van der Waals surface area contributed by atoms with E-state index in [1.54, 1.807) is 0 Å². The van der Waals surface area contributed by atoms with Gasteiger partial charge in [-0.3, -0.25) is 0 Å². The normalized spacial score (nSPS) is 10.3. The Balaban J connectivity index is 2.60. The van der Waals surface area contributed by atoms with Gasteiger partial charge in [-0.2, -0.15) is 0 Å². The average molecular weight is 271 g/mol. The van der Waals surface area contributed by atoms with Crippen molar-refractivity contribution in [1.82, 2.24) is 9.97 Å². The second-order valence-electron chi connectivity index (χ2n) is 2.84. The van der Waals surface area contributed by atoms with E-state index in [0.717, 1.165) is 6.07 Å². The van der Waals surface area contributed by atoms with Crippen molar-refractivity contribution in [1.29, 1.82) is 0 Å². The summed E-state index contributed by atoms with van der Waals surface area (Å²) in [7, 11) is 0. The largest absolute Gasteiger partial charge is 0.244 e. The molecule has 0 bridgehead atoms. The van der Waals surface area contributed by atoms with Crippen LogP contribution in [0.3, 0.4) is 0 Å². The van der Waals surface area contributed by atoms with E-state index in [4.69, 9.17) is 0 Å². The van der Waals surface area contributed by atoms with Gasteiger partial charge in [0.05, 0.1) is 10.2 Å². The topological polar surface area (TPSA) is 25.8 Å². The fourth-order valence-corrected chi connectivity index (χ4v) is 1.63. The first-order chi connectivity index (χ1) is 7.18. The van der Waals surface area contributed by atoms with Gasteiger partial charge in [0.1, 0.15) is 18.0 Å². The highest BCUT2D eigenvalue weighted by molar-refractivity contribution is 9.10. The number of benzene rings is 1. The number of nitrogens with zero attached hydrogens (tertiary/aromatic N) is 2. The summed E-state index contributed by atoms with van der Waals surface area (Å²) in [6.45, 7) is 0. The minimum Gasteiger partial charge on any atom is -0.244 e. The molecule has 0 N–H and O–H groups in total. The molecule has 1 aromatic heterocycles. The molecule has 0 spiro atoms. The van der Waals surface area contributed by atoms with E-state index >= 15 is 0 Å². The fourth-order valence-electron chi connectivity index (χ4n) is 1.19. The number of hydrogen-bond acceptors (Lipinski definition) is 2. The van der Waals surface area contributed by atoms with Crippen molar-refractivity contribution in [3.63, 3.8) is 0 Å². The van der Waals surface area contributed by atoms with Gasteiger partial charge in [-0.1, -0.05) is 0 Å². The summed E-state index contributed by atoms with van der Waals surface area (Å²) in [5, 5.41) is 0. The minimum atomic E-state index is -0.644. The van der Waals surface area contributed by atoms with E-state index < -0.39 is 11.6 Å². The Bertz CT molecular complexity index is 503. The van der Waals surface area contributed by atoms with Crippen LogP contribution in [0.25, 0.3) is 11.3 Å². The van der Waals surface area contributed by atoms with Crippen LogP contribution in [0.5, 0.6) is 0 Å². The van der Waals surface area contributed by atoms with Crippen LogP contribution < -0.4 is 0 Å². The van der Waals surface area contributed by atoms with Crippen LogP contribution >= 0.6 is 15.9 Å². The molecule has 0 saturated carbocycles. The predicted molar refractivity (Wildman–Crippen MR) is 55.1 cm³/mol. The van der Waals surface area contributed by atoms with Crippen LogP contribution in [0.4, 0.5) is 8.78 Å². The lowest BCUT2D eigenvalue weighted by Gasteiger charge is -2.03. The van der Waals surface area contributed by atoms with Crippen molar-refractivity contribution >= 4 is 15.9 Å². The van der Waals surface area contributed by atoms with Gasteiger partial charge >= 0.3 is 0 Å². The van der Waals surface area contributed by atoms with Crippen LogP contribution in [0.15, 0.2) is 35.2 Å². The van der Waals surface area contributed by atoms with E-state index in [1.807, 2.05) is 0 Å². The molecule has 0 unspecified atom stereocenters. The summed E-state index contributed by atoms with van der Waals surface area (Å²) in [6.07, 6.45) is 2.81. The van der Waals surface area contributed by atoms with Crippen molar-refractivity contribution in [3.05, 3.63) is 46.8 Å². The molecule has 0 radical (unpaired) electrons. The first kappa shape index (κ1) is 10.2. The van der Waals surface area contributed by atoms with Crippen molar-refractivity contribution in [2.45, 2.75) is 0 Å². The molecule has 0 atom stereocenters. The van der Waals surface area contributed by atoms with E-state index in [1.165, 1.54) is 24.7 Å². The Morgan fingerprint density at radius 1 is 1.20 bits per heavy atom. The molecule has 1 aromatic carbocycles. The minimum absolute atomic E-state index is 0.241. The lowest BCUT2D eigenvalue weighted by Crippen LogP contribution is -1.91. The third-order valence-corrected chi connectivity index (χ3v) is 2.43.